The highest BCUT2D eigenvalue weighted by Gasteiger charge is 2.34. The molecule has 0 radical (unpaired) electrons. The smallest absolute Gasteiger partial charge is 0.0846 e. The predicted octanol–water partition coefficient (Wildman–Crippen LogP) is 5.35. The van der Waals surface area contributed by atoms with Gasteiger partial charge in [-0.25, -0.2) is 0 Å². The van der Waals surface area contributed by atoms with Gasteiger partial charge in [0.2, 0.25) is 0 Å². The normalized spacial score (nSPS) is 16.9. The van der Waals surface area contributed by atoms with E-state index < -0.39 is 5.41 Å². The second-order valence-electron chi connectivity index (χ2n) is 9.52. The molecule has 1 aliphatic heterocycles. The van der Waals surface area contributed by atoms with Crippen LogP contribution in [0, 0.1) is 11.3 Å². The molecule has 0 N–H and O–H groups in total. The lowest BCUT2D eigenvalue weighted by Crippen LogP contribution is -2.43. The van der Waals surface area contributed by atoms with Crippen LogP contribution in [0.3, 0.4) is 0 Å². The van der Waals surface area contributed by atoms with Crippen LogP contribution in [0.4, 0.5) is 0 Å². The van der Waals surface area contributed by atoms with Crippen LogP contribution in [0.2, 0.25) is 0 Å². The molecule has 1 atom stereocenters. The summed E-state index contributed by atoms with van der Waals surface area (Å²) in [6, 6.07) is 22.9. The summed E-state index contributed by atoms with van der Waals surface area (Å²) in [5.74, 6) is 0. The third-order valence-electron chi connectivity index (χ3n) is 6.84. The van der Waals surface area contributed by atoms with Gasteiger partial charge in [-0.2, -0.15) is 5.26 Å². The molecular formula is C28H39N3O. The summed E-state index contributed by atoms with van der Waals surface area (Å²) in [6.07, 6.45) is 1.69. The Morgan fingerprint density at radius 1 is 0.906 bits per heavy atom. The van der Waals surface area contributed by atoms with Crippen LogP contribution < -0.4 is 0 Å². The molecule has 2 aromatic carbocycles. The molecule has 1 heterocycles. The first-order valence-electron chi connectivity index (χ1n) is 12.1. The van der Waals surface area contributed by atoms with Crippen molar-refractivity contribution in [3.8, 4) is 17.2 Å². The molecule has 0 saturated carbocycles. The molecule has 0 aromatic heterocycles. The fraction of sp³-hybridized carbons (Fsp3) is 0.536. The van der Waals surface area contributed by atoms with E-state index in [9.17, 15) is 5.26 Å². The van der Waals surface area contributed by atoms with Crippen molar-refractivity contribution in [1.29, 1.82) is 5.26 Å². The molecule has 0 bridgehead atoms. The third-order valence-corrected chi connectivity index (χ3v) is 6.84. The fourth-order valence-corrected chi connectivity index (χ4v) is 4.81. The maximum atomic E-state index is 10.5. The molecule has 1 aliphatic rings. The van der Waals surface area contributed by atoms with Gasteiger partial charge in [0.15, 0.2) is 0 Å². The van der Waals surface area contributed by atoms with E-state index in [-0.39, 0.29) is 0 Å². The average Bonchev–Trinajstić information content (AvgIpc) is 2.82. The van der Waals surface area contributed by atoms with Crippen molar-refractivity contribution in [1.82, 2.24) is 9.80 Å². The maximum Gasteiger partial charge on any atom is 0.0846 e. The Labute approximate surface area is 194 Å². The van der Waals surface area contributed by atoms with Gasteiger partial charge in [0.05, 0.1) is 24.7 Å². The molecular weight excluding hydrogens is 394 g/mol. The van der Waals surface area contributed by atoms with Crippen molar-refractivity contribution in [3.05, 3.63) is 60.2 Å². The van der Waals surface area contributed by atoms with Gasteiger partial charge in [-0.05, 0) is 57.2 Å². The molecule has 2 aromatic rings. The molecule has 0 spiro atoms. The molecule has 4 heteroatoms. The predicted molar refractivity (Wildman–Crippen MR) is 133 cm³/mol. The van der Waals surface area contributed by atoms with E-state index in [1.807, 2.05) is 6.07 Å². The molecule has 4 nitrogen and oxygen atoms in total. The largest absolute Gasteiger partial charge is 0.379 e. The molecule has 3 rings (SSSR count). The summed E-state index contributed by atoms with van der Waals surface area (Å²) in [6.45, 7) is 14.3. The number of hydrogen-bond acceptors (Lipinski definition) is 4. The zero-order valence-corrected chi connectivity index (χ0v) is 20.3. The van der Waals surface area contributed by atoms with Crippen molar-refractivity contribution < 1.29 is 4.74 Å². The third kappa shape index (κ3) is 6.19. The van der Waals surface area contributed by atoms with Crippen molar-refractivity contribution in [2.24, 2.45) is 0 Å². The first-order valence-corrected chi connectivity index (χ1v) is 12.1. The monoisotopic (exact) mass is 433 g/mol. The standard InChI is InChI=1S/C28H39N3O/c1-23(2)31(24(3)4)17-15-28(22-29,14-16-30-18-20-32-21-19-30)27-12-10-26(11-13-27)25-8-6-5-7-9-25/h5-13,23-24H,14-21H2,1-4H3. The van der Waals surface area contributed by atoms with Crippen molar-refractivity contribution in [3.63, 3.8) is 0 Å². The Morgan fingerprint density at radius 2 is 1.50 bits per heavy atom. The van der Waals surface area contributed by atoms with Crippen molar-refractivity contribution in [2.75, 3.05) is 39.4 Å². The van der Waals surface area contributed by atoms with Crippen LogP contribution in [0.5, 0.6) is 0 Å². The summed E-state index contributed by atoms with van der Waals surface area (Å²) in [4.78, 5) is 4.94. The topological polar surface area (TPSA) is 39.5 Å². The van der Waals surface area contributed by atoms with Crippen LogP contribution in [-0.4, -0.2) is 61.3 Å². The van der Waals surface area contributed by atoms with Crippen LogP contribution in [0.15, 0.2) is 54.6 Å². The maximum absolute atomic E-state index is 10.5. The molecule has 0 amide bonds. The summed E-state index contributed by atoms with van der Waals surface area (Å²) in [7, 11) is 0. The zero-order valence-electron chi connectivity index (χ0n) is 20.3. The van der Waals surface area contributed by atoms with Crippen molar-refractivity contribution >= 4 is 0 Å². The quantitative estimate of drug-likeness (QED) is 0.507. The minimum Gasteiger partial charge on any atom is -0.379 e. The van der Waals surface area contributed by atoms with Crippen molar-refractivity contribution in [2.45, 2.75) is 58.0 Å². The highest BCUT2D eigenvalue weighted by Crippen LogP contribution is 2.34. The Hall–Kier alpha value is -2.19. The van der Waals surface area contributed by atoms with E-state index >= 15 is 0 Å². The van der Waals surface area contributed by atoms with Gasteiger partial charge in [0.1, 0.15) is 0 Å². The lowest BCUT2D eigenvalue weighted by atomic mass is 9.75. The first-order chi connectivity index (χ1) is 15.4. The lowest BCUT2D eigenvalue weighted by Gasteiger charge is -2.36. The van der Waals surface area contributed by atoms with Gasteiger partial charge in [-0.3, -0.25) is 9.80 Å². The average molecular weight is 434 g/mol. The van der Waals surface area contributed by atoms with E-state index in [0.29, 0.717) is 12.1 Å². The number of rotatable bonds is 10. The van der Waals surface area contributed by atoms with Crippen LogP contribution in [0.25, 0.3) is 11.1 Å². The van der Waals surface area contributed by atoms with Gasteiger partial charge in [-0.1, -0.05) is 54.6 Å². The van der Waals surface area contributed by atoms with Gasteiger partial charge in [0.25, 0.3) is 0 Å². The Kier molecular flexibility index (Phi) is 8.87. The van der Waals surface area contributed by atoms with Crippen LogP contribution in [0.1, 0.15) is 46.1 Å². The Bertz CT molecular complexity index is 842. The first kappa shape index (κ1) is 24.5. The zero-order chi connectivity index (χ0) is 23.0. The van der Waals surface area contributed by atoms with Gasteiger partial charge in [-0.15, -0.1) is 0 Å². The molecule has 0 aliphatic carbocycles. The number of nitriles is 1. The molecule has 1 saturated heterocycles. The number of ether oxygens (including phenoxy) is 1. The second-order valence-corrected chi connectivity index (χ2v) is 9.52. The van der Waals surface area contributed by atoms with E-state index in [0.717, 1.165) is 57.8 Å². The van der Waals surface area contributed by atoms with Crippen LogP contribution >= 0.6 is 0 Å². The molecule has 1 unspecified atom stereocenters. The second kappa shape index (κ2) is 11.6. The minimum absolute atomic E-state index is 0.464. The van der Waals surface area contributed by atoms with Gasteiger partial charge < -0.3 is 4.74 Å². The molecule has 1 fully saturated rings. The SMILES string of the molecule is CC(C)N(CCC(C#N)(CCN1CCOCC1)c1ccc(-c2ccccc2)cc1)C(C)C. The van der Waals surface area contributed by atoms with E-state index in [1.165, 1.54) is 11.1 Å². The summed E-state index contributed by atoms with van der Waals surface area (Å²) in [5.41, 5.74) is 3.05. The summed E-state index contributed by atoms with van der Waals surface area (Å²) in [5, 5.41) is 10.5. The Balaban J connectivity index is 1.84. The number of hydrogen-bond donors (Lipinski definition) is 0. The number of nitrogens with zero attached hydrogens (tertiary/aromatic N) is 3. The summed E-state index contributed by atoms with van der Waals surface area (Å²) >= 11 is 0. The highest BCUT2D eigenvalue weighted by molar-refractivity contribution is 5.63. The number of morpholine rings is 1. The highest BCUT2D eigenvalue weighted by atomic mass is 16.5. The molecule has 172 valence electrons. The minimum atomic E-state index is -0.491. The summed E-state index contributed by atoms with van der Waals surface area (Å²) < 4.78 is 5.52. The fourth-order valence-electron chi connectivity index (χ4n) is 4.81. The van der Waals surface area contributed by atoms with Crippen LogP contribution in [-0.2, 0) is 10.2 Å². The van der Waals surface area contributed by atoms with Gasteiger partial charge in [0, 0.05) is 38.3 Å². The van der Waals surface area contributed by atoms with E-state index in [2.05, 4.69) is 92.1 Å². The Morgan fingerprint density at radius 3 is 2.06 bits per heavy atom. The van der Waals surface area contributed by atoms with E-state index in [1.54, 1.807) is 0 Å². The number of benzene rings is 2. The lowest BCUT2D eigenvalue weighted by molar-refractivity contribution is 0.0348. The molecule has 32 heavy (non-hydrogen) atoms. The van der Waals surface area contributed by atoms with Gasteiger partial charge >= 0.3 is 0 Å². The van der Waals surface area contributed by atoms with E-state index in [4.69, 9.17) is 4.74 Å².